The lowest BCUT2D eigenvalue weighted by molar-refractivity contribution is -0.121. The van der Waals surface area contributed by atoms with Gasteiger partial charge < -0.3 is 19.7 Å². The molecule has 1 aromatic carbocycles. The first kappa shape index (κ1) is 22.0. The fourth-order valence-corrected chi connectivity index (χ4v) is 3.73. The van der Waals surface area contributed by atoms with Gasteiger partial charge in [-0.25, -0.2) is 0 Å². The van der Waals surface area contributed by atoms with E-state index in [1.54, 1.807) is 35.7 Å². The van der Waals surface area contributed by atoms with E-state index in [4.69, 9.17) is 9.47 Å². The van der Waals surface area contributed by atoms with Gasteiger partial charge in [-0.1, -0.05) is 25.2 Å². The Morgan fingerprint density at radius 3 is 2.67 bits per heavy atom. The van der Waals surface area contributed by atoms with Gasteiger partial charge in [0.15, 0.2) is 11.5 Å². The van der Waals surface area contributed by atoms with Crippen molar-refractivity contribution in [3.63, 3.8) is 0 Å². The summed E-state index contributed by atoms with van der Waals surface area (Å²) in [5, 5.41) is 10.8. The number of ether oxygens (including phenoxy) is 2. The molecule has 9 heteroatoms. The van der Waals surface area contributed by atoms with Gasteiger partial charge in [-0.15, -0.1) is 10.2 Å². The summed E-state index contributed by atoms with van der Waals surface area (Å²) < 4.78 is 11.2. The van der Waals surface area contributed by atoms with E-state index >= 15 is 0 Å². The van der Waals surface area contributed by atoms with E-state index in [1.807, 2.05) is 0 Å². The van der Waals surface area contributed by atoms with Crippen LogP contribution in [0, 0.1) is 11.8 Å². The van der Waals surface area contributed by atoms with E-state index in [1.165, 1.54) is 11.3 Å². The molecule has 1 fully saturated rings. The van der Waals surface area contributed by atoms with E-state index in [9.17, 15) is 9.59 Å². The Labute approximate surface area is 180 Å². The number of aromatic nitrogens is 2. The molecule has 2 amide bonds. The van der Waals surface area contributed by atoms with Gasteiger partial charge in [0.2, 0.25) is 11.0 Å². The third kappa shape index (κ3) is 5.69. The van der Waals surface area contributed by atoms with Crippen LogP contribution >= 0.6 is 11.3 Å². The molecule has 0 spiro atoms. The monoisotopic (exact) mass is 432 g/mol. The normalized spacial score (nSPS) is 14.6. The molecule has 1 aliphatic rings. The number of likely N-dealkylation sites (tertiary alicyclic amines) is 1. The fraction of sp³-hybridized carbons (Fsp3) is 0.524. The summed E-state index contributed by atoms with van der Waals surface area (Å²) in [4.78, 5) is 27.1. The zero-order chi connectivity index (χ0) is 21.5. The second-order valence-electron chi connectivity index (χ2n) is 7.70. The van der Waals surface area contributed by atoms with Crippen LogP contribution in [0.25, 0.3) is 0 Å². The third-order valence-corrected chi connectivity index (χ3v) is 5.71. The molecular weight excluding hydrogens is 404 g/mol. The summed E-state index contributed by atoms with van der Waals surface area (Å²) in [5.74, 6) is 1.48. The molecule has 30 heavy (non-hydrogen) atoms. The molecule has 0 aliphatic carbocycles. The van der Waals surface area contributed by atoms with Crippen LogP contribution in [0.5, 0.6) is 11.5 Å². The molecule has 0 radical (unpaired) electrons. The highest BCUT2D eigenvalue weighted by Gasteiger charge is 2.28. The van der Waals surface area contributed by atoms with Crippen LogP contribution in [0.1, 0.15) is 43.5 Å². The number of carbonyl (C=O) groups is 2. The average molecular weight is 433 g/mol. The number of amides is 2. The topological polar surface area (TPSA) is 93.7 Å². The molecule has 0 bridgehead atoms. The lowest BCUT2D eigenvalue weighted by Crippen LogP contribution is -2.41. The van der Waals surface area contributed by atoms with Crippen molar-refractivity contribution in [1.29, 1.82) is 0 Å². The van der Waals surface area contributed by atoms with Crippen molar-refractivity contribution < 1.29 is 19.1 Å². The minimum atomic E-state index is -0.135. The zero-order valence-corrected chi connectivity index (χ0v) is 18.4. The van der Waals surface area contributed by atoms with Gasteiger partial charge in [0.25, 0.3) is 5.91 Å². The molecule has 1 N–H and O–H groups in total. The minimum Gasteiger partial charge on any atom is -0.493 e. The Morgan fingerprint density at radius 2 is 2.03 bits per heavy atom. The fourth-order valence-electron chi connectivity index (χ4n) is 3.29. The highest BCUT2D eigenvalue weighted by atomic mass is 32.1. The minimum absolute atomic E-state index is 0.0648. The van der Waals surface area contributed by atoms with Crippen LogP contribution in [0.4, 0.5) is 5.13 Å². The molecular formula is C21H28N4O4S. The van der Waals surface area contributed by atoms with Crippen molar-refractivity contribution in [2.24, 2.45) is 11.8 Å². The van der Waals surface area contributed by atoms with Crippen LogP contribution in [-0.4, -0.2) is 53.7 Å². The molecule has 0 unspecified atom stereocenters. The molecule has 0 atom stereocenters. The quantitative estimate of drug-likeness (QED) is 0.687. The lowest BCUT2D eigenvalue weighted by Gasteiger charge is -2.31. The number of benzene rings is 1. The first-order chi connectivity index (χ1) is 14.5. The SMILES string of the molecule is COc1cc(C(=O)N2CCC(C(=O)Nc3nncs3)CC2)ccc1OCCC(C)C. The van der Waals surface area contributed by atoms with Crippen molar-refractivity contribution >= 4 is 28.3 Å². The molecule has 162 valence electrons. The second-order valence-corrected chi connectivity index (χ2v) is 8.53. The van der Waals surface area contributed by atoms with Gasteiger partial charge in [-0.05, 0) is 43.4 Å². The van der Waals surface area contributed by atoms with Crippen LogP contribution in [0.3, 0.4) is 0 Å². The van der Waals surface area contributed by atoms with Gasteiger partial charge in [0.05, 0.1) is 13.7 Å². The summed E-state index contributed by atoms with van der Waals surface area (Å²) in [7, 11) is 1.57. The Balaban J connectivity index is 1.55. The van der Waals surface area contributed by atoms with E-state index in [2.05, 4.69) is 29.4 Å². The average Bonchev–Trinajstić information content (AvgIpc) is 3.26. The van der Waals surface area contributed by atoms with Crippen LogP contribution in [0.15, 0.2) is 23.7 Å². The number of piperidine rings is 1. The van der Waals surface area contributed by atoms with E-state index in [0.717, 1.165) is 6.42 Å². The highest BCUT2D eigenvalue weighted by Crippen LogP contribution is 2.30. The molecule has 8 nitrogen and oxygen atoms in total. The second kappa shape index (κ2) is 10.4. The van der Waals surface area contributed by atoms with Gasteiger partial charge in [-0.3, -0.25) is 9.59 Å². The maximum atomic E-state index is 12.9. The molecule has 1 aromatic heterocycles. The Morgan fingerprint density at radius 1 is 1.27 bits per heavy atom. The van der Waals surface area contributed by atoms with Crippen molar-refractivity contribution in [1.82, 2.24) is 15.1 Å². The van der Waals surface area contributed by atoms with Gasteiger partial charge in [0.1, 0.15) is 5.51 Å². The zero-order valence-electron chi connectivity index (χ0n) is 17.6. The Bertz CT molecular complexity index is 849. The molecule has 2 aromatic rings. The number of nitrogens with zero attached hydrogens (tertiary/aromatic N) is 3. The van der Waals surface area contributed by atoms with Crippen LogP contribution in [-0.2, 0) is 4.79 Å². The number of rotatable bonds is 8. The molecule has 1 aliphatic heterocycles. The van der Waals surface area contributed by atoms with Crippen molar-refractivity contribution in [2.45, 2.75) is 33.1 Å². The number of methoxy groups -OCH3 is 1. The van der Waals surface area contributed by atoms with Crippen molar-refractivity contribution in [3.05, 3.63) is 29.3 Å². The van der Waals surface area contributed by atoms with Crippen molar-refractivity contribution in [2.75, 3.05) is 32.1 Å². The van der Waals surface area contributed by atoms with E-state index < -0.39 is 0 Å². The molecule has 2 heterocycles. The first-order valence-electron chi connectivity index (χ1n) is 10.1. The van der Waals surface area contributed by atoms with E-state index in [-0.39, 0.29) is 17.7 Å². The number of hydrogen-bond donors (Lipinski definition) is 1. The van der Waals surface area contributed by atoms with Crippen molar-refractivity contribution in [3.8, 4) is 11.5 Å². The third-order valence-electron chi connectivity index (χ3n) is 5.11. The maximum absolute atomic E-state index is 12.9. The van der Waals surface area contributed by atoms with E-state index in [0.29, 0.717) is 60.6 Å². The molecule has 1 saturated heterocycles. The number of carbonyl (C=O) groups excluding carboxylic acids is 2. The predicted molar refractivity (Wildman–Crippen MR) is 115 cm³/mol. The maximum Gasteiger partial charge on any atom is 0.253 e. The summed E-state index contributed by atoms with van der Waals surface area (Å²) in [5.41, 5.74) is 2.13. The smallest absolute Gasteiger partial charge is 0.253 e. The Hall–Kier alpha value is -2.68. The van der Waals surface area contributed by atoms with Crippen LogP contribution in [0.2, 0.25) is 0 Å². The lowest BCUT2D eigenvalue weighted by atomic mass is 9.95. The standard InChI is InChI=1S/C21H28N4O4S/c1-14(2)8-11-29-17-5-4-16(12-18(17)28-3)20(27)25-9-6-15(7-10-25)19(26)23-21-24-22-13-30-21/h4-5,12-15H,6-11H2,1-3H3,(H,23,24,26). The first-order valence-corrected chi connectivity index (χ1v) is 11.0. The number of anilines is 1. The Kier molecular flexibility index (Phi) is 7.62. The summed E-state index contributed by atoms with van der Waals surface area (Å²) >= 11 is 1.29. The van der Waals surface area contributed by atoms with Gasteiger partial charge >= 0.3 is 0 Å². The summed E-state index contributed by atoms with van der Waals surface area (Å²) in [6.45, 7) is 5.95. The molecule has 0 saturated carbocycles. The highest BCUT2D eigenvalue weighted by molar-refractivity contribution is 7.13. The molecule has 3 rings (SSSR count). The van der Waals surface area contributed by atoms with Gasteiger partial charge in [-0.2, -0.15) is 0 Å². The summed E-state index contributed by atoms with van der Waals surface area (Å²) in [6.07, 6.45) is 2.18. The summed E-state index contributed by atoms with van der Waals surface area (Å²) in [6, 6.07) is 5.28. The largest absolute Gasteiger partial charge is 0.493 e. The number of nitrogens with one attached hydrogen (secondary N) is 1. The predicted octanol–water partition coefficient (Wildman–Crippen LogP) is 3.46. The van der Waals surface area contributed by atoms with Crippen LogP contribution < -0.4 is 14.8 Å². The van der Waals surface area contributed by atoms with Gasteiger partial charge in [0, 0.05) is 24.6 Å². The number of hydrogen-bond acceptors (Lipinski definition) is 7.